The predicted molar refractivity (Wildman–Crippen MR) is 227 cm³/mol. The maximum Gasteiger partial charge on any atom is 0.244 e. The van der Waals surface area contributed by atoms with Crippen LogP contribution in [-0.2, 0) is 35.2 Å². The molecule has 5 atom stereocenters. The normalized spacial score (nSPS) is 25.4. The van der Waals surface area contributed by atoms with Crippen molar-refractivity contribution in [3.63, 3.8) is 0 Å². The third-order valence-electron chi connectivity index (χ3n) is 12.3. The molecule has 13 heteroatoms. The van der Waals surface area contributed by atoms with E-state index < -0.39 is 65.5 Å². The smallest absolute Gasteiger partial charge is 0.244 e. The molecule has 2 saturated carbocycles. The summed E-state index contributed by atoms with van der Waals surface area (Å²) >= 11 is 0. The van der Waals surface area contributed by atoms with Crippen molar-refractivity contribution >= 4 is 41.1 Å². The maximum absolute atomic E-state index is 14.3. The Hall–Kier alpha value is -5.17. The fraction of sp³-hybridized carbons (Fsp3) is 0.553. The summed E-state index contributed by atoms with van der Waals surface area (Å²) in [6.07, 6.45) is 12.8. The SMILES string of the molecule is NC(=O)C1CCCCNC(=O)C(Cc2ccc(C(=O)c3ccccc3)cc2)NC(=O)[C@H](CC2CCCCC2)NC(=O)C[C@@H](O)[C@H](CC2CCCCC2)CC(=O)C=CC(=O)N1. The number of nitrogens with two attached hydrogens (primary N) is 1. The van der Waals surface area contributed by atoms with Gasteiger partial charge in [0.05, 0.1) is 12.5 Å². The van der Waals surface area contributed by atoms with E-state index in [2.05, 4.69) is 21.3 Å². The first-order valence-electron chi connectivity index (χ1n) is 22.0. The lowest BCUT2D eigenvalue weighted by atomic mass is 9.79. The van der Waals surface area contributed by atoms with E-state index in [1.807, 2.05) is 6.07 Å². The molecule has 1 aliphatic heterocycles. The number of carbonyl (C=O) groups is 7. The molecule has 2 fully saturated rings. The quantitative estimate of drug-likeness (QED) is 0.197. The number of rotatable bonds is 9. The van der Waals surface area contributed by atoms with Crippen LogP contribution in [-0.4, -0.2) is 77.0 Å². The highest BCUT2D eigenvalue weighted by Crippen LogP contribution is 2.33. The van der Waals surface area contributed by atoms with Crippen molar-refractivity contribution in [1.29, 1.82) is 0 Å². The standard InChI is InChI=1S/C47H63N5O8/c48-45(58)38-18-10-11-25-49-46(59)39(28-33-19-21-35(22-20-33)44(57)34-16-8-3-9-17-34)52-47(60)40(27-32-14-6-2-7-15-32)51-43(56)30-41(54)36(26-31-12-4-1-5-13-31)29-37(53)23-24-42(55)50-38/h3,8-9,16-17,19-24,31-32,36,38-41,54H,1-2,4-7,10-15,18,25-30H2,(H2,48,58)(H,49,59)(H,50,55)(H,51,56)(H,52,60)/t36-,38?,39?,40+,41-/m1/s1. The first-order valence-corrected chi connectivity index (χ1v) is 22.0. The predicted octanol–water partition coefficient (Wildman–Crippen LogP) is 4.52. The Kier molecular flexibility index (Phi) is 18.0. The molecular weight excluding hydrogens is 763 g/mol. The van der Waals surface area contributed by atoms with Crippen molar-refractivity contribution in [2.24, 2.45) is 23.5 Å². The number of aliphatic hydroxyl groups is 1. The summed E-state index contributed by atoms with van der Waals surface area (Å²) in [6.45, 7) is 0.200. The second kappa shape index (κ2) is 23.6. The van der Waals surface area contributed by atoms with Crippen molar-refractivity contribution in [2.75, 3.05) is 6.54 Å². The van der Waals surface area contributed by atoms with Gasteiger partial charge in [0, 0.05) is 36.6 Å². The molecule has 0 bridgehead atoms. The zero-order valence-electron chi connectivity index (χ0n) is 34.7. The number of primary amides is 1. The van der Waals surface area contributed by atoms with E-state index in [1.54, 1.807) is 48.5 Å². The topological polar surface area (TPSA) is 214 Å². The van der Waals surface area contributed by atoms with Crippen LogP contribution in [0.2, 0.25) is 0 Å². The minimum Gasteiger partial charge on any atom is -0.392 e. The molecule has 60 heavy (non-hydrogen) atoms. The number of aliphatic hydroxyl groups excluding tert-OH is 1. The first kappa shape index (κ1) is 45.9. The number of nitrogens with one attached hydrogen (secondary N) is 4. The van der Waals surface area contributed by atoms with E-state index in [-0.39, 0.29) is 49.8 Å². The molecule has 2 unspecified atom stereocenters. The summed E-state index contributed by atoms with van der Waals surface area (Å²) in [5.41, 5.74) is 7.31. The van der Waals surface area contributed by atoms with Crippen molar-refractivity contribution in [2.45, 2.75) is 140 Å². The summed E-state index contributed by atoms with van der Waals surface area (Å²) in [5, 5.41) is 22.8. The van der Waals surface area contributed by atoms with Gasteiger partial charge >= 0.3 is 0 Å². The molecule has 324 valence electrons. The Morgan fingerprint density at radius 1 is 0.633 bits per heavy atom. The molecule has 2 aromatic carbocycles. The van der Waals surface area contributed by atoms with E-state index in [1.165, 1.54) is 0 Å². The van der Waals surface area contributed by atoms with Gasteiger partial charge in [-0.2, -0.15) is 0 Å². The van der Waals surface area contributed by atoms with Crippen molar-refractivity contribution in [1.82, 2.24) is 21.3 Å². The lowest BCUT2D eigenvalue weighted by molar-refractivity contribution is -0.133. The minimum absolute atomic E-state index is 0.0852. The first-order chi connectivity index (χ1) is 28.9. The Morgan fingerprint density at radius 3 is 1.90 bits per heavy atom. The van der Waals surface area contributed by atoms with Gasteiger partial charge in [-0.1, -0.05) is 119 Å². The third-order valence-corrected chi connectivity index (χ3v) is 12.3. The number of amides is 5. The van der Waals surface area contributed by atoms with E-state index in [4.69, 9.17) is 5.73 Å². The number of allylic oxidation sites excluding steroid dienone is 1. The van der Waals surface area contributed by atoms with Crippen LogP contribution in [0.3, 0.4) is 0 Å². The van der Waals surface area contributed by atoms with Gasteiger partial charge in [0.25, 0.3) is 0 Å². The zero-order chi connectivity index (χ0) is 42.9. The summed E-state index contributed by atoms with van der Waals surface area (Å²) in [7, 11) is 0. The van der Waals surface area contributed by atoms with Gasteiger partial charge < -0.3 is 32.1 Å². The summed E-state index contributed by atoms with van der Waals surface area (Å²) in [5.74, 6) is -3.53. The molecule has 5 rings (SSSR count). The molecule has 0 aromatic heterocycles. The highest BCUT2D eigenvalue weighted by atomic mass is 16.3. The number of benzene rings is 2. The van der Waals surface area contributed by atoms with Crippen LogP contribution in [0.5, 0.6) is 0 Å². The van der Waals surface area contributed by atoms with Crippen LogP contribution in [0, 0.1) is 17.8 Å². The van der Waals surface area contributed by atoms with Crippen LogP contribution in [0.25, 0.3) is 0 Å². The lowest BCUT2D eigenvalue weighted by Crippen LogP contribution is -2.55. The molecule has 0 spiro atoms. The van der Waals surface area contributed by atoms with Crippen LogP contribution in [0.4, 0.5) is 0 Å². The van der Waals surface area contributed by atoms with Gasteiger partial charge in [-0.25, -0.2) is 0 Å². The molecule has 7 N–H and O–H groups in total. The average Bonchev–Trinajstić information content (AvgIpc) is 3.25. The summed E-state index contributed by atoms with van der Waals surface area (Å²) < 4.78 is 0. The molecule has 5 amide bonds. The Bertz CT molecular complexity index is 1800. The highest BCUT2D eigenvalue weighted by molar-refractivity contribution is 6.09. The molecule has 2 aromatic rings. The van der Waals surface area contributed by atoms with Crippen LogP contribution in [0.1, 0.15) is 131 Å². The molecule has 0 saturated heterocycles. The molecule has 13 nitrogen and oxygen atoms in total. The fourth-order valence-corrected chi connectivity index (χ4v) is 8.90. The van der Waals surface area contributed by atoms with Gasteiger partial charge in [0.15, 0.2) is 11.6 Å². The Labute approximate surface area is 353 Å². The van der Waals surface area contributed by atoms with Gasteiger partial charge in [0.1, 0.15) is 18.1 Å². The van der Waals surface area contributed by atoms with Gasteiger partial charge in [-0.3, -0.25) is 33.6 Å². The zero-order valence-corrected chi connectivity index (χ0v) is 34.7. The minimum atomic E-state index is -1.19. The molecular formula is C47H63N5O8. The Balaban J connectivity index is 1.39. The molecule has 2 aliphatic carbocycles. The number of hydrogen-bond donors (Lipinski definition) is 6. The van der Waals surface area contributed by atoms with Gasteiger partial charge in [-0.15, -0.1) is 0 Å². The number of carbonyl (C=O) groups excluding carboxylic acids is 7. The fourth-order valence-electron chi connectivity index (χ4n) is 8.90. The van der Waals surface area contributed by atoms with Crippen molar-refractivity contribution < 1.29 is 38.7 Å². The lowest BCUT2D eigenvalue weighted by Gasteiger charge is -2.30. The van der Waals surface area contributed by atoms with Crippen molar-refractivity contribution in [3.8, 4) is 0 Å². The second-order valence-corrected chi connectivity index (χ2v) is 17.0. The second-order valence-electron chi connectivity index (χ2n) is 17.0. The number of ketones is 2. The highest BCUT2D eigenvalue weighted by Gasteiger charge is 2.33. The Morgan fingerprint density at radius 2 is 1.25 bits per heavy atom. The maximum atomic E-state index is 14.3. The average molecular weight is 826 g/mol. The van der Waals surface area contributed by atoms with Gasteiger partial charge in [-0.05, 0) is 61.5 Å². The summed E-state index contributed by atoms with van der Waals surface area (Å²) in [4.78, 5) is 93.2. The monoisotopic (exact) mass is 825 g/mol. The molecule has 3 aliphatic rings. The van der Waals surface area contributed by atoms with E-state index in [9.17, 15) is 38.7 Å². The van der Waals surface area contributed by atoms with Crippen LogP contribution >= 0.6 is 0 Å². The molecule has 1 heterocycles. The summed E-state index contributed by atoms with van der Waals surface area (Å²) in [6, 6.07) is 12.8. The van der Waals surface area contributed by atoms with Gasteiger partial charge in [0.2, 0.25) is 29.5 Å². The van der Waals surface area contributed by atoms with E-state index >= 15 is 0 Å². The van der Waals surface area contributed by atoms with Crippen molar-refractivity contribution in [3.05, 3.63) is 83.4 Å². The van der Waals surface area contributed by atoms with Crippen LogP contribution in [0.15, 0.2) is 66.7 Å². The van der Waals surface area contributed by atoms with E-state index in [0.717, 1.165) is 76.4 Å². The number of hydrogen-bond acceptors (Lipinski definition) is 8. The van der Waals surface area contributed by atoms with Crippen LogP contribution < -0.4 is 27.0 Å². The largest absolute Gasteiger partial charge is 0.392 e. The third kappa shape index (κ3) is 14.8. The molecule has 0 radical (unpaired) electrons. The van der Waals surface area contributed by atoms with E-state index in [0.29, 0.717) is 42.4 Å².